The number of para-hydroxylation sites is 2. The van der Waals surface area contributed by atoms with Crippen LogP contribution < -0.4 is 14.9 Å². The maximum atomic E-state index is 5.98. The summed E-state index contributed by atoms with van der Waals surface area (Å²) >= 11 is 0. The highest BCUT2D eigenvalue weighted by Crippen LogP contribution is 2.18. The van der Waals surface area contributed by atoms with Gasteiger partial charge in [0.15, 0.2) is 0 Å². The van der Waals surface area contributed by atoms with Crippen molar-refractivity contribution >= 4 is 6.21 Å². The monoisotopic (exact) mass is 360 g/mol. The number of hydrazone groups is 1. The molecule has 0 fully saturated rings. The van der Waals surface area contributed by atoms with Gasteiger partial charge in [0.25, 0.3) is 0 Å². The smallest absolute Gasteiger partial charge is 0.128 e. The van der Waals surface area contributed by atoms with Crippen molar-refractivity contribution in [2.45, 2.75) is 20.1 Å². The second-order valence-electron chi connectivity index (χ2n) is 6.22. The Morgan fingerprint density at radius 3 is 2.37 bits per heavy atom. The molecule has 0 aliphatic heterocycles. The molecule has 4 nitrogen and oxygen atoms in total. The first-order chi connectivity index (χ1) is 13.3. The van der Waals surface area contributed by atoms with Gasteiger partial charge in [-0.25, -0.2) is 0 Å². The first-order valence-corrected chi connectivity index (χ1v) is 8.91. The molecule has 0 saturated carbocycles. The zero-order chi connectivity index (χ0) is 18.9. The third-order valence-corrected chi connectivity index (χ3v) is 4.19. The van der Waals surface area contributed by atoms with E-state index in [9.17, 15) is 0 Å². The van der Waals surface area contributed by atoms with E-state index in [-0.39, 0.29) is 0 Å². The van der Waals surface area contributed by atoms with Crippen LogP contribution in [-0.2, 0) is 13.2 Å². The number of nitrogens with one attached hydrogen (secondary N) is 1. The van der Waals surface area contributed by atoms with Crippen molar-refractivity contribution in [2.75, 3.05) is 7.11 Å². The topological polar surface area (TPSA) is 42.8 Å². The first kappa shape index (κ1) is 18.5. The normalized spacial score (nSPS) is 10.7. The highest BCUT2D eigenvalue weighted by molar-refractivity contribution is 5.83. The molecule has 0 atom stereocenters. The molecule has 0 unspecified atom stereocenters. The van der Waals surface area contributed by atoms with Crippen molar-refractivity contribution in [3.05, 3.63) is 95.1 Å². The molecule has 0 saturated heterocycles. The summed E-state index contributed by atoms with van der Waals surface area (Å²) in [6, 6.07) is 24.1. The van der Waals surface area contributed by atoms with E-state index in [0.717, 1.165) is 28.2 Å². The molecule has 27 heavy (non-hydrogen) atoms. The Kier molecular flexibility index (Phi) is 6.47. The SMILES string of the molecule is COc1ccccc1CN/N=C/c1ccccc1OCc1ccc(C)cc1. The summed E-state index contributed by atoms with van der Waals surface area (Å²) in [6.07, 6.45) is 1.78. The van der Waals surface area contributed by atoms with Gasteiger partial charge >= 0.3 is 0 Å². The van der Waals surface area contributed by atoms with E-state index in [1.54, 1.807) is 13.3 Å². The van der Waals surface area contributed by atoms with E-state index < -0.39 is 0 Å². The second kappa shape index (κ2) is 9.43. The third-order valence-electron chi connectivity index (χ3n) is 4.19. The van der Waals surface area contributed by atoms with Crippen molar-refractivity contribution < 1.29 is 9.47 Å². The van der Waals surface area contributed by atoms with Crippen LogP contribution in [0.5, 0.6) is 11.5 Å². The number of ether oxygens (including phenoxy) is 2. The summed E-state index contributed by atoms with van der Waals surface area (Å²) in [6.45, 7) is 3.20. The summed E-state index contributed by atoms with van der Waals surface area (Å²) < 4.78 is 11.3. The highest BCUT2D eigenvalue weighted by Gasteiger charge is 2.02. The van der Waals surface area contributed by atoms with Gasteiger partial charge in [0, 0.05) is 11.1 Å². The lowest BCUT2D eigenvalue weighted by molar-refractivity contribution is 0.306. The van der Waals surface area contributed by atoms with E-state index in [1.807, 2.05) is 48.5 Å². The molecule has 3 aromatic carbocycles. The van der Waals surface area contributed by atoms with E-state index in [0.29, 0.717) is 13.2 Å². The third kappa shape index (κ3) is 5.35. The maximum Gasteiger partial charge on any atom is 0.128 e. The molecule has 0 heterocycles. The van der Waals surface area contributed by atoms with Crippen LogP contribution >= 0.6 is 0 Å². The van der Waals surface area contributed by atoms with Gasteiger partial charge < -0.3 is 14.9 Å². The Bertz CT molecular complexity index is 889. The molecule has 4 heteroatoms. The maximum absolute atomic E-state index is 5.98. The Labute approximate surface area is 160 Å². The van der Waals surface area contributed by atoms with Crippen LogP contribution in [0.3, 0.4) is 0 Å². The summed E-state index contributed by atoms with van der Waals surface area (Å²) in [7, 11) is 1.67. The van der Waals surface area contributed by atoms with Gasteiger partial charge in [0.1, 0.15) is 18.1 Å². The molecule has 3 rings (SSSR count). The van der Waals surface area contributed by atoms with Crippen molar-refractivity contribution in [1.82, 2.24) is 5.43 Å². The lowest BCUT2D eigenvalue weighted by Crippen LogP contribution is -2.07. The van der Waals surface area contributed by atoms with Crippen LogP contribution in [0.25, 0.3) is 0 Å². The fourth-order valence-corrected chi connectivity index (χ4v) is 2.66. The number of hydrogen-bond acceptors (Lipinski definition) is 4. The number of rotatable bonds is 8. The minimum Gasteiger partial charge on any atom is -0.496 e. The number of hydrogen-bond donors (Lipinski definition) is 1. The first-order valence-electron chi connectivity index (χ1n) is 8.91. The molecule has 138 valence electrons. The molecular weight excluding hydrogens is 336 g/mol. The second-order valence-corrected chi connectivity index (χ2v) is 6.22. The lowest BCUT2D eigenvalue weighted by Gasteiger charge is -2.10. The van der Waals surface area contributed by atoms with Crippen LogP contribution in [0.4, 0.5) is 0 Å². The van der Waals surface area contributed by atoms with Crippen molar-refractivity contribution in [3.63, 3.8) is 0 Å². The molecular formula is C23H24N2O2. The average Bonchev–Trinajstić information content (AvgIpc) is 2.72. The zero-order valence-electron chi connectivity index (χ0n) is 15.7. The molecule has 0 spiro atoms. The molecule has 0 aromatic heterocycles. The summed E-state index contributed by atoms with van der Waals surface area (Å²) in [4.78, 5) is 0. The average molecular weight is 360 g/mol. The molecule has 0 radical (unpaired) electrons. The number of aryl methyl sites for hydroxylation is 1. The van der Waals surface area contributed by atoms with Crippen molar-refractivity contribution in [1.29, 1.82) is 0 Å². The van der Waals surface area contributed by atoms with E-state index in [1.165, 1.54) is 5.56 Å². The minimum absolute atomic E-state index is 0.528. The lowest BCUT2D eigenvalue weighted by atomic mass is 10.1. The quantitative estimate of drug-likeness (QED) is 0.467. The van der Waals surface area contributed by atoms with Crippen molar-refractivity contribution in [3.8, 4) is 11.5 Å². The Morgan fingerprint density at radius 2 is 1.59 bits per heavy atom. The van der Waals surface area contributed by atoms with Gasteiger partial charge in [-0.3, -0.25) is 0 Å². The predicted molar refractivity (Wildman–Crippen MR) is 109 cm³/mol. The van der Waals surface area contributed by atoms with Gasteiger partial charge in [-0.1, -0.05) is 60.2 Å². The Morgan fingerprint density at radius 1 is 0.889 bits per heavy atom. The number of benzene rings is 3. The molecule has 0 aliphatic rings. The Hall–Kier alpha value is -3.27. The van der Waals surface area contributed by atoms with Crippen LogP contribution in [-0.4, -0.2) is 13.3 Å². The fourth-order valence-electron chi connectivity index (χ4n) is 2.66. The van der Waals surface area contributed by atoms with E-state index >= 15 is 0 Å². The molecule has 3 aromatic rings. The largest absolute Gasteiger partial charge is 0.496 e. The standard InChI is InChI=1S/C23H24N2O2/c1-18-11-13-19(14-12-18)17-27-23-10-6-4-8-21(23)16-25-24-15-20-7-3-5-9-22(20)26-2/h3-14,16,24H,15,17H2,1-2H3/b25-16+. The molecule has 0 bridgehead atoms. The highest BCUT2D eigenvalue weighted by atomic mass is 16.5. The Balaban J connectivity index is 1.60. The van der Waals surface area contributed by atoms with Gasteiger partial charge in [-0.15, -0.1) is 0 Å². The molecule has 1 N–H and O–H groups in total. The van der Waals surface area contributed by atoms with Gasteiger partial charge in [-0.2, -0.15) is 5.10 Å². The van der Waals surface area contributed by atoms with Crippen LogP contribution in [0.15, 0.2) is 77.9 Å². The van der Waals surface area contributed by atoms with Crippen LogP contribution in [0, 0.1) is 6.92 Å². The van der Waals surface area contributed by atoms with E-state index in [2.05, 4.69) is 41.7 Å². The summed E-state index contributed by atoms with van der Waals surface area (Å²) in [5, 5.41) is 4.33. The van der Waals surface area contributed by atoms with Crippen LogP contribution in [0.1, 0.15) is 22.3 Å². The van der Waals surface area contributed by atoms with Crippen molar-refractivity contribution in [2.24, 2.45) is 5.10 Å². The zero-order valence-corrected chi connectivity index (χ0v) is 15.7. The molecule has 0 aliphatic carbocycles. The van der Waals surface area contributed by atoms with Gasteiger partial charge in [-0.05, 0) is 30.7 Å². The summed E-state index contributed by atoms with van der Waals surface area (Å²) in [5.41, 5.74) is 7.43. The molecule has 0 amide bonds. The number of methoxy groups -OCH3 is 1. The van der Waals surface area contributed by atoms with Crippen LogP contribution in [0.2, 0.25) is 0 Å². The predicted octanol–water partition coefficient (Wildman–Crippen LogP) is 4.71. The van der Waals surface area contributed by atoms with E-state index in [4.69, 9.17) is 9.47 Å². The van der Waals surface area contributed by atoms with Gasteiger partial charge in [0.05, 0.1) is 19.9 Å². The summed E-state index contributed by atoms with van der Waals surface area (Å²) in [5.74, 6) is 1.66. The number of nitrogens with zero attached hydrogens (tertiary/aromatic N) is 1. The fraction of sp³-hybridized carbons (Fsp3) is 0.174. The van der Waals surface area contributed by atoms with Gasteiger partial charge in [0.2, 0.25) is 0 Å². The minimum atomic E-state index is 0.528.